The molecule has 1 aromatic carbocycles. The highest BCUT2D eigenvalue weighted by atomic mass is 15.2. The van der Waals surface area contributed by atoms with Gasteiger partial charge in [0.15, 0.2) is 0 Å². The zero-order valence-corrected chi connectivity index (χ0v) is 8.36. The maximum Gasteiger partial charge on any atom is 0.133 e. The minimum atomic E-state index is -0.439. The van der Waals surface area contributed by atoms with Gasteiger partial charge in [-0.3, -0.25) is 5.84 Å². The van der Waals surface area contributed by atoms with Crippen molar-refractivity contribution >= 4 is 5.69 Å². The Morgan fingerprint density at radius 1 is 1.36 bits per heavy atom. The molecule has 4 heteroatoms. The first-order valence-corrected chi connectivity index (χ1v) is 4.32. The maximum absolute atomic E-state index is 8.76. The van der Waals surface area contributed by atoms with E-state index in [2.05, 4.69) is 11.5 Å². The summed E-state index contributed by atoms with van der Waals surface area (Å²) in [6.07, 6.45) is 0. The first-order valence-electron chi connectivity index (χ1n) is 4.32. The minimum Gasteiger partial charge on any atom is -0.378 e. The molecule has 0 radical (unpaired) electrons. The smallest absolute Gasteiger partial charge is 0.133 e. The molecular formula is C10H14N4. The van der Waals surface area contributed by atoms with E-state index in [1.807, 2.05) is 43.3 Å². The van der Waals surface area contributed by atoms with Crippen molar-refractivity contribution in [1.82, 2.24) is 5.43 Å². The number of hydrogen-bond donors (Lipinski definition) is 2. The summed E-state index contributed by atoms with van der Waals surface area (Å²) in [5.41, 5.74) is 4.42. The van der Waals surface area contributed by atoms with Gasteiger partial charge in [0.25, 0.3) is 0 Å². The molecule has 0 bridgehead atoms. The molecule has 74 valence electrons. The Morgan fingerprint density at radius 3 is 2.29 bits per heavy atom. The average molecular weight is 190 g/mol. The molecule has 0 saturated carbocycles. The summed E-state index contributed by atoms with van der Waals surface area (Å²) < 4.78 is 0. The van der Waals surface area contributed by atoms with Crippen molar-refractivity contribution in [2.45, 2.75) is 6.04 Å². The van der Waals surface area contributed by atoms with Gasteiger partial charge in [-0.1, -0.05) is 12.1 Å². The lowest BCUT2D eigenvalue weighted by atomic mass is 10.1. The summed E-state index contributed by atoms with van der Waals surface area (Å²) in [5, 5.41) is 8.76. The summed E-state index contributed by atoms with van der Waals surface area (Å²) in [5.74, 6) is 5.23. The lowest BCUT2D eigenvalue weighted by Gasteiger charge is -2.14. The van der Waals surface area contributed by atoms with Crippen LogP contribution >= 0.6 is 0 Å². The number of benzene rings is 1. The van der Waals surface area contributed by atoms with E-state index in [9.17, 15) is 0 Å². The molecule has 1 rings (SSSR count). The van der Waals surface area contributed by atoms with Crippen molar-refractivity contribution < 1.29 is 0 Å². The lowest BCUT2D eigenvalue weighted by Crippen LogP contribution is -2.26. The van der Waals surface area contributed by atoms with E-state index in [-0.39, 0.29) is 0 Å². The fraction of sp³-hybridized carbons (Fsp3) is 0.300. The van der Waals surface area contributed by atoms with Crippen molar-refractivity contribution in [3.63, 3.8) is 0 Å². The molecule has 1 aromatic rings. The predicted octanol–water partition coefficient (Wildman–Crippen LogP) is 0.781. The molecule has 0 amide bonds. The standard InChI is InChI=1S/C10H14N4/c1-14(2)9-5-3-8(4-6-9)10(7-11)13-12/h3-6,10,13H,12H2,1-2H3. The molecule has 1 atom stereocenters. The van der Waals surface area contributed by atoms with Gasteiger partial charge in [0.1, 0.15) is 6.04 Å². The van der Waals surface area contributed by atoms with E-state index in [0.29, 0.717) is 0 Å². The van der Waals surface area contributed by atoms with E-state index in [1.165, 1.54) is 0 Å². The fourth-order valence-corrected chi connectivity index (χ4v) is 1.17. The number of hydrogen-bond acceptors (Lipinski definition) is 4. The van der Waals surface area contributed by atoms with Gasteiger partial charge in [0.2, 0.25) is 0 Å². The molecule has 0 spiro atoms. The van der Waals surface area contributed by atoms with Crippen molar-refractivity contribution in [1.29, 1.82) is 5.26 Å². The lowest BCUT2D eigenvalue weighted by molar-refractivity contribution is 0.666. The quantitative estimate of drug-likeness (QED) is 0.546. The van der Waals surface area contributed by atoms with Gasteiger partial charge < -0.3 is 4.90 Å². The predicted molar refractivity (Wildman–Crippen MR) is 56.4 cm³/mol. The molecule has 0 aliphatic heterocycles. The largest absolute Gasteiger partial charge is 0.378 e. The molecule has 4 nitrogen and oxygen atoms in total. The molecule has 14 heavy (non-hydrogen) atoms. The first-order chi connectivity index (χ1) is 6.69. The fourth-order valence-electron chi connectivity index (χ4n) is 1.17. The molecule has 3 N–H and O–H groups in total. The van der Waals surface area contributed by atoms with Crippen LogP contribution < -0.4 is 16.2 Å². The Labute approximate surface area is 83.9 Å². The highest BCUT2D eigenvalue weighted by Crippen LogP contribution is 2.16. The third-order valence-electron chi connectivity index (χ3n) is 2.04. The van der Waals surface area contributed by atoms with Crippen molar-refractivity contribution in [3.8, 4) is 6.07 Å². The third-order valence-corrected chi connectivity index (χ3v) is 2.04. The van der Waals surface area contributed by atoms with Gasteiger partial charge in [-0.25, -0.2) is 5.43 Å². The third kappa shape index (κ3) is 2.22. The molecule has 0 aromatic heterocycles. The van der Waals surface area contributed by atoms with Gasteiger partial charge in [-0.2, -0.15) is 5.26 Å². The second-order valence-corrected chi connectivity index (χ2v) is 3.21. The van der Waals surface area contributed by atoms with Crippen LogP contribution in [0, 0.1) is 11.3 Å². The van der Waals surface area contributed by atoms with Crippen LogP contribution in [0.15, 0.2) is 24.3 Å². The number of rotatable bonds is 3. The van der Waals surface area contributed by atoms with Crippen LogP contribution in [0.25, 0.3) is 0 Å². The maximum atomic E-state index is 8.76. The van der Waals surface area contributed by atoms with Crippen LogP contribution in [0.4, 0.5) is 5.69 Å². The van der Waals surface area contributed by atoms with E-state index in [4.69, 9.17) is 11.1 Å². The molecule has 1 unspecified atom stereocenters. The van der Waals surface area contributed by atoms with Crippen LogP contribution in [0.2, 0.25) is 0 Å². The van der Waals surface area contributed by atoms with Gasteiger partial charge in [-0.05, 0) is 17.7 Å². The molecule has 0 saturated heterocycles. The molecular weight excluding hydrogens is 176 g/mol. The molecule has 0 aliphatic carbocycles. The van der Waals surface area contributed by atoms with E-state index in [1.54, 1.807) is 0 Å². The summed E-state index contributed by atoms with van der Waals surface area (Å²) >= 11 is 0. The SMILES string of the molecule is CN(C)c1ccc(C(C#N)NN)cc1. The zero-order valence-electron chi connectivity index (χ0n) is 8.36. The van der Waals surface area contributed by atoms with Gasteiger partial charge in [0.05, 0.1) is 6.07 Å². The van der Waals surface area contributed by atoms with E-state index in [0.717, 1.165) is 11.3 Å². The van der Waals surface area contributed by atoms with Crippen molar-refractivity contribution in [2.24, 2.45) is 5.84 Å². The van der Waals surface area contributed by atoms with Crippen LogP contribution in [0.3, 0.4) is 0 Å². The van der Waals surface area contributed by atoms with E-state index < -0.39 is 6.04 Å². The second kappa shape index (κ2) is 4.61. The summed E-state index contributed by atoms with van der Waals surface area (Å²) in [6, 6.07) is 9.32. The minimum absolute atomic E-state index is 0.439. The first kappa shape index (κ1) is 10.5. The zero-order chi connectivity index (χ0) is 10.6. The molecule has 0 fully saturated rings. The Balaban J connectivity index is 2.88. The molecule has 0 aliphatic rings. The Hall–Kier alpha value is -1.57. The second-order valence-electron chi connectivity index (χ2n) is 3.21. The summed E-state index contributed by atoms with van der Waals surface area (Å²) in [7, 11) is 3.94. The van der Waals surface area contributed by atoms with Crippen LogP contribution in [0.1, 0.15) is 11.6 Å². The monoisotopic (exact) mass is 190 g/mol. The topological polar surface area (TPSA) is 65.1 Å². The number of nitrogens with zero attached hydrogens (tertiary/aromatic N) is 2. The van der Waals surface area contributed by atoms with Gasteiger partial charge in [0, 0.05) is 19.8 Å². The average Bonchev–Trinajstić information content (AvgIpc) is 2.20. The number of nitriles is 1. The highest BCUT2D eigenvalue weighted by Gasteiger charge is 2.07. The summed E-state index contributed by atoms with van der Waals surface area (Å²) in [6.45, 7) is 0. The normalized spacial score (nSPS) is 11.9. The molecule has 0 heterocycles. The van der Waals surface area contributed by atoms with E-state index >= 15 is 0 Å². The Morgan fingerprint density at radius 2 is 1.93 bits per heavy atom. The van der Waals surface area contributed by atoms with Crippen molar-refractivity contribution in [2.75, 3.05) is 19.0 Å². The van der Waals surface area contributed by atoms with Crippen LogP contribution in [0.5, 0.6) is 0 Å². The summed E-state index contributed by atoms with van der Waals surface area (Å²) in [4.78, 5) is 2.00. The van der Waals surface area contributed by atoms with Crippen LogP contribution in [-0.4, -0.2) is 14.1 Å². The number of anilines is 1. The Bertz CT molecular complexity index is 323. The van der Waals surface area contributed by atoms with Crippen molar-refractivity contribution in [3.05, 3.63) is 29.8 Å². The van der Waals surface area contributed by atoms with Gasteiger partial charge in [-0.15, -0.1) is 0 Å². The number of nitrogens with one attached hydrogen (secondary N) is 1. The number of hydrazine groups is 1. The highest BCUT2D eigenvalue weighted by molar-refractivity contribution is 5.47. The van der Waals surface area contributed by atoms with Crippen LogP contribution in [-0.2, 0) is 0 Å². The number of nitrogens with two attached hydrogens (primary N) is 1. The Kier molecular flexibility index (Phi) is 3.46. The van der Waals surface area contributed by atoms with Gasteiger partial charge >= 0.3 is 0 Å².